The van der Waals surface area contributed by atoms with Crippen molar-refractivity contribution in [1.29, 1.82) is 0 Å². The Labute approximate surface area is 137 Å². The van der Waals surface area contributed by atoms with Gasteiger partial charge in [-0.2, -0.15) is 0 Å². The van der Waals surface area contributed by atoms with Gasteiger partial charge in [-0.3, -0.25) is 0 Å². The highest BCUT2D eigenvalue weighted by atomic mass is 32.1. The lowest BCUT2D eigenvalue weighted by atomic mass is 9.86. The van der Waals surface area contributed by atoms with Gasteiger partial charge in [0.15, 0.2) is 0 Å². The topological polar surface area (TPSA) is 50.4 Å². The van der Waals surface area contributed by atoms with Gasteiger partial charge in [0.25, 0.3) is 0 Å². The quantitative estimate of drug-likeness (QED) is 0.877. The highest BCUT2D eigenvalue weighted by molar-refractivity contribution is 7.12. The zero-order valence-electron chi connectivity index (χ0n) is 14.4. The summed E-state index contributed by atoms with van der Waals surface area (Å²) in [7, 11) is 0. The van der Waals surface area contributed by atoms with E-state index in [-0.39, 0.29) is 12.1 Å². The van der Waals surface area contributed by atoms with Crippen LogP contribution in [0.15, 0.2) is 6.07 Å². The average Bonchev–Trinajstić information content (AvgIpc) is 2.63. The third kappa shape index (κ3) is 4.71. The van der Waals surface area contributed by atoms with Gasteiger partial charge in [-0.1, -0.05) is 0 Å². The first-order valence-electron chi connectivity index (χ1n) is 7.96. The molecule has 4 nitrogen and oxygen atoms in total. The summed E-state index contributed by atoms with van der Waals surface area (Å²) in [5, 5.41) is 6.59. The average molecular weight is 324 g/mol. The lowest BCUT2D eigenvalue weighted by molar-refractivity contribution is 0.0463. The number of nitrogens with one attached hydrogen (secondary N) is 2. The third-order valence-electron chi connectivity index (χ3n) is 3.89. The van der Waals surface area contributed by atoms with Gasteiger partial charge in [0.2, 0.25) is 0 Å². The third-order valence-corrected chi connectivity index (χ3v) is 4.87. The molecule has 1 aromatic heterocycles. The largest absolute Gasteiger partial charge is 0.444 e. The van der Waals surface area contributed by atoms with Gasteiger partial charge in [-0.25, -0.2) is 4.79 Å². The standard InChI is InChI=1S/C17H28N2O2S/c1-10-7-15(12(3)22-10)11(2)18-13-8-14(9-13)19-16(20)21-17(4,5)6/h7,11,13-14,18H,8-9H2,1-6H3,(H,19,20). The Morgan fingerprint density at radius 1 is 1.32 bits per heavy atom. The van der Waals surface area contributed by atoms with Crippen LogP contribution in [0, 0.1) is 13.8 Å². The van der Waals surface area contributed by atoms with Gasteiger partial charge in [0, 0.05) is 27.9 Å². The summed E-state index contributed by atoms with van der Waals surface area (Å²) < 4.78 is 5.28. The summed E-state index contributed by atoms with van der Waals surface area (Å²) >= 11 is 1.85. The van der Waals surface area contributed by atoms with Crippen LogP contribution >= 0.6 is 11.3 Å². The first-order valence-corrected chi connectivity index (χ1v) is 8.78. The fourth-order valence-electron chi connectivity index (χ4n) is 2.87. The predicted molar refractivity (Wildman–Crippen MR) is 91.5 cm³/mol. The summed E-state index contributed by atoms with van der Waals surface area (Å²) in [5.41, 5.74) is 0.958. The minimum absolute atomic E-state index is 0.227. The number of carbonyl (C=O) groups is 1. The van der Waals surface area contributed by atoms with Crippen molar-refractivity contribution in [3.63, 3.8) is 0 Å². The molecule has 2 N–H and O–H groups in total. The minimum atomic E-state index is -0.436. The van der Waals surface area contributed by atoms with Crippen LogP contribution in [0.3, 0.4) is 0 Å². The molecule has 22 heavy (non-hydrogen) atoms. The molecule has 0 bridgehead atoms. The molecule has 1 unspecified atom stereocenters. The normalized spacial score (nSPS) is 22.8. The fourth-order valence-corrected chi connectivity index (χ4v) is 3.89. The molecule has 0 spiro atoms. The van der Waals surface area contributed by atoms with Crippen molar-refractivity contribution in [2.45, 2.75) is 78.1 Å². The zero-order valence-corrected chi connectivity index (χ0v) is 15.3. The molecular weight excluding hydrogens is 296 g/mol. The molecule has 1 fully saturated rings. The maximum atomic E-state index is 11.7. The molecule has 1 aliphatic carbocycles. The molecule has 1 atom stereocenters. The second-order valence-corrected chi connectivity index (χ2v) is 8.73. The molecule has 2 rings (SSSR count). The molecule has 124 valence electrons. The molecule has 0 aliphatic heterocycles. The van der Waals surface area contributed by atoms with Crippen LogP contribution in [0.25, 0.3) is 0 Å². The van der Waals surface area contributed by atoms with Crippen molar-refractivity contribution in [3.05, 3.63) is 21.4 Å². The fraction of sp³-hybridized carbons (Fsp3) is 0.706. The van der Waals surface area contributed by atoms with Crippen molar-refractivity contribution in [2.75, 3.05) is 0 Å². The lowest BCUT2D eigenvalue weighted by Crippen LogP contribution is -2.53. The minimum Gasteiger partial charge on any atom is -0.444 e. The lowest BCUT2D eigenvalue weighted by Gasteiger charge is -2.38. The second kappa shape index (κ2) is 6.59. The van der Waals surface area contributed by atoms with Crippen molar-refractivity contribution in [1.82, 2.24) is 10.6 Å². The number of hydrogen-bond donors (Lipinski definition) is 2. The molecule has 0 saturated heterocycles. The van der Waals surface area contributed by atoms with Crippen molar-refractivity contribution >= 4 is 17.4 Å². The monoisotopic (exact) mass is 324 g/mol. The molecule has 1 saturated carbocycles. The summed E-state index contributed by atoms with van der Waals surface area (Å²) in [6.07, 6.45) is 1.62. The predicted octanol–water partition coefficient (Wildman–Crippen LogP) is 4.07. The van der Waals surface area contributed by atoms with Crippen LogP contribution in [0.2, 0.25) is 0 Å². The van der Waals surface area contributed by atoms with Crippen LogP contribution in [0.4, 0.5) is 4.79 Å². The Morgan fingerprint density at radius 2 is 1.95 bits per heavy atom. The van der Waals surface area contributed by atoms with E-state index >= 15 is 0 Å². The summed E-state index contributed by atoms with van der Waals surface area (Å²) in [6, 6.07) is 3.32. The number of rotatable bonds is 4. The second-order valence-electron chi connectivity index (χ2n) is 7.27. The van der Waals surface area contributed by atoms with Crippen molar-refractivity contribution in [3.8, 4) is 0 Å². The molecule has 1 heterocycles. The highest BCUT2D eigenvalue weighted by Crippen LogP contribution is 2.29. The Balaban J connectivity index is 1.73. The maximum absolute atomic E-state index is 11.7. The van der Waals surface area contributed by atoms with Gasteiger partial charge in [-0.05, 0) is 66.0 Å². The maximum Gasteiger partial charge on any atom is 0.407 e. The first-order chi connectivity index (χ1) is 10.1. The Hall–Kier alpha value is -1.07. The summed E-state index contributed by atoms with van der Waals surface area (Å²) in [6.45, 7) is 12.2. The SMILES string of the molecule is Cc1cc(C(C)NC2CC(NC(=O)OC(C)(C)C)C2)c(C)s1. The molecule has 5 heteroatoms. The molecule has 1 amide bonds. The van der Waals surface area contributed by atoms with Crippen LogP contribution < -0.4 is 10.6 Å². The number of alkyl carbamates (subject to hydrolysis) is 1. The van der Waals surface area contributed by atoms with E-state index in [1.807, 2.05) is 32.1 Å². The number of thiophene rings is 1. The van der Waals surface area contributed by atoms with Gasteiger partial charge in [-0.15, -0.1) is 11.3 Å². The smallest absolute Gasteiger partial charge is 0.407 e. The number of carbonyl (C=O) groups excluding carboxylic acids is 1. The van der Waals surface area contributed by atoms with E-state index in [2.05, 4.69) is 37.5 Å². The Morgan fingerprint density at radius 3 is 2.45 bits per heavy atom. The Bertz CT molecular complexity index is 527. The highest BCUT2D eigenvalue weighted by Gasteiger charge is 2.32. The van der Waals surface area contributed by atoms with Crippen LogP contribution in [-0.4, -0.2) is 23.8 Å². The number of hydrogen-bond acceptors (Lipinski definition) is 4. The van der Waals surface area contributed by atoms with Crippen molar-refractivity contribution < 1.29 is 9.53 Å². The van der Waals surface area contributed by atoms with E-state index in [1.54, 1.807) is 0 Å². The summed E-state index contributed by atoms with van der Waals surface area (Å²) in [5.74, 6) is 0. The first kappa shape index (κ1) is 17.3. The molecule has 0 radical (unpaired) electrons. The molecule has 1 aromatic rings. The van der Waals surface area contributed by atoms with E-state index in [9.17, 15) is 4.79 Å². The number of aryl methyl sites for hydroxylation is 2. The molecule has 1 aliphatic rings. The van der Waals surface area contributed by atoms with Gasteiger partial charge in [0.05, 0.1) is 0 Å². The molecule has 0 aromatic carbocycles. The van der Waals surface area contributed by atoms with Gasteiger partial charge >= 0.3 is 6.09 Å². The van der Waals surface area contributed by atoms with Gasteiger partial charge < -0.3 is 15.4 Å². The molecular formula is C17H28N2O2S. The van der Waals surface area contributed by atoms with E-state index in [1.165, 1.54) is 15.3 Å². The van der Waals surface area contributed by atoms with Crippen LogP contribution in [0.5, 0.6) is 0 Å². The van der Waals surface area contributed by atoms with E-state index < -0.39 is 5.60 Å². The zero-order chi connectivity index (χ0) is 16.5. The summed E-state index contributed by atoms with van der Waals surface area (Å²) in [4.78, 5) is 14.5. The van der Waals surface area contributed by atoms with E-state index in [4.69, 9.17) is 4.74 Å². The van der Waals surface area contributed by atoms with Gasteiger partial charge in [0.1, 0.15) is 5.60 Å². The van der Waals surface area contributed by atoms with Crippen LogP contribution in [-0.2, 0) is 4.74 Å². The van der Waals surface area contributed by atoms with E-state index in [0.717, 1.165) is 12.8 Å². The van der Waals surface area contributed by atoms with Crippen molar-refractivity contribution in [2.24, 2.45) is 0 Å². The number of ether oxygens (including phenoxy) is 1. The van der Waals surface area contributed by atoms with Crippen LogP contribution in [0.1, 0.15) is 61.9 Å². The van der Waals surface area contributed by atoms with E-state index in [0.29, 0.717) is 12.1 Å². The Kier molecular flexibility index (Phi) is 5.17. The number of amides is 1.